The Morgan fingerprint density at radius 2 is 2.06 bits per heavy atom. The minimum atomic E-state index is -0.0904. The van der Waals surface area contributed by atoms with Crippen molar-refractivity contribution in [1.29, 1.82) is 0 Å². The van der Waals surface area contributed by atoms with Gasteiger partial charge < -0.3 is 15.1 Å². The third-order valence-corrected chi connectivity index (χ3v) is 8.65. The molecule has 186 valence electrons. The van der Waals surface area contributed by atoms with E-state index in [1.807, 2.05) is 17.9 Å². The predicted molar refractivity (Wildman–Crippen MR) is 140 cm³/mol. The topological polar surface area (TPSA) is 82.6 Å². The summed E-state index contributed by atoms with van der Waals surface area (Å²) in [5.74, 6) is 0.0980. The molecule has 2 aliphatic rings. The van der Waals surface area contributed by atoms with Crippen LogP contribution in [0, 0.1) is 12.8 Å². The molecule has 2 heterocycles. The maximum absolute atomic E-state index is 13.7. The van der Waals surface area contributed by atoms with Gasteiger partial charge in [-0.3, -0.25) is 14.4 Å². The van der Waals surface area contributed by atoms with E-state index in [2.05, 4.69) is 36.8 Å². The molecule has 2 fully saturated rings. The van der Waals surface area contributed by atoms with Gasteiger partial charge >= 0.3 is 0 Å². The molecule has 3 amide bonds. The molecule has 1 atom stereocenters. The van der Waals surface area contributed by atoms with E-state index in [-0.39, 0.29) is 29.7 Å². The second-order valence-electron chi connectivity index (χ2n) is 9.17. The van der Waals surface area contributed by atoms with Crippen molar-refractivity contribution in [2.75, 3.05) is 25.0 Å². The molecule has 4 rings (SSSR count). The Balaban J connectivity index is 1.52. The largest absolute Gasteiger partial charge is 0.337 e. The van der Waals surface area contributed by atoms with Gasteiger partial charge in [-0.15, -0.1) is 0 Å². The van der Waals surface area contributed by atoms with Crippen molar-refractivity contribution in [3.8, 4) is 0 Å². The monoisotopic (exact) mass is 512 g/mol. The smallest absolute Gasteiger partial charge is 0.254 e. The lowest BCUT2D eigenvalue weighted by Gasteiger charge is -2.28. The van der Waals surface area contributed by atoms with Gasteiger partial charge in [0.05, 0.1) is 10.4 Å². The normalized spacial score (nSPS) is 18.2. The molecule has 0 unspecified atom stereocenters. The highest BCUT2D eigenvalue weighted by molar-refractivity contribution is 8.01. The van der Waals surface area contributed by atoms with E-state index in [1.54, 1.807) is 22.9 Å². The van der Waals surface area contributed by atoms with Crippen LogP contribution in [-0.4, -0.2) is 58.2 Å². The standard InChI is InChI=1S/C26H32N4O3S2/c1-5-18-12-16(3)21(34-23-14-27-26(35-23)28-24(32)19-8-9-19)13-20(18)25(33)29-10-7-11-30(17(4)15-29)22(31)6-2/h6,12-14,17,19H,2,5,7-11,15H2,1,3-4H3,(H,27,28,32)/t17-/m1/s1. The second-order valence-corrected chi connectivity index (χ2v) is 11.5. The molecule has 1 aromatic heterocycles. The fourth-order valence-corrected chi connectivity index (χ4v) is 6.28. The maximum Gasteiger partial charge on any atom is 0.254 e. The number of nitrogens with zero attached hydrogens (tertiary/aromatic N) is 3. The number of benzene rings is 1. The van der Waals surface area contributed by atoms with Gasteiger partial charge in [0, 0.05) is 42.1 Å². The molecule has 35 heavy (non-hydrogen) atoms. The summed E-state index contributed by atoms with van der Waals surface area (Å²) in [5, 5.41) is 3.51. The molecule has 1 N–H and O–H groups in total. The van der Waals surface area contributed by atoms with Crippen LogP contribution in [-0.2, 0) is 16.0 Å². The summed E-state index contributed by atoms with van der Waals surface area (Å²) < 4.78 is 0.962. The van der Waals surface area contributed by atoms with Crippen molar-refractivity contribution < 1.29 is 14.4 Å². The molecule has 7 nitrogen and oxygen atoms in total. The van der Waals surface area contributed by atoms with E-state index in [9.17, 15) is 14.4 Å². The number of aromatic nitrogens is 1. The number of nitrogens with one attached hydrogen (secondary N) is 1. The number of aryl methyl sites for hydroxylation is 2. The lowest BCUT2D eigenvalue weighted by molar-refractivity contribution is -0.127. The van der Waals surface area contributed by atoms with E-state index in [0.29, 0.717) is 30.3 Å². The highest BCUT2D eigenvalue weighted by atomic mass is 32.2. The average Bonchev–Trinajstić information content (AvgIpc) is 3.64. The number of amides is 3. The third kappa shape index (κ3) is 5.95. The first-order valence-corrected chi connectivity index (χ1v) is 13.7. The van der Waals surface area contributed by atoms with Crippen molar-refractivity contribution in [3.05, 3.63) is 47.7 Å². The fraction of sp³-hybridized carbons (Fsp3) is 0.462. The summed E-state index contributed by atoms with van der Waals surface area (Å²) in [5.41, 5.74) is 2.84. The number of anilines is 1. The minimum absolute atomic E-state index is 0.00476. The molecule has 1 aromatic carbocycles. The molecule has 1 saturated carbocycles. The van der Waals surface area contributed by atoms with E-state index >= 15 is 0 Å². The fourth-order valence-electron chi connectivity index (χ4n) is 4.34. The van der Waals surface area contributed by atoms with Gasteiger partial charge in [-0.25, -0.2) is 4.98 Å². The Morgan fingerprint density at radius 3 is 2.74 bits per heavy atom. The van der Waals surface area contributed by atoms with Crippen molar-refractivity contribution >= 4 is 46.0 Å². The van der Waals surface area contributed by atoms with Gasteiger partial charge in [-0.2, -0.15) is 0 Å². The molecular weight excluding hydrogens is 480 g/mol. The van der Waals surface area contributed by atoms with Crippen LogP contribution in [0.3, 0.4) is 0 Å². The summed E-state index contributed by atoms with van der Waals surface area (Å²) in [6.45, 7) is 11.4. The number of carbonyl (C=O) groups excluding carboxylic acids is 3. The SMILES string of the molecule is C=CC(=O)N1CCCN(C(=O)c2cc(Sc3cnc(NC(=O)C4CC4)s3)c(C)cc2CC)C[C@H]1C. The molecule has 1 aliphatic heterocycles. The zero-order valence-electron chi connectivity index (χ0n) is 20.5. The van der Waals surface area contributed by atoms with Crippen LogP contribution in [0.25, 0.3) is 0 Å². The Hall–Kier alpha value is -2.65. The molecule has 1 aliphatic carbocycles. The molecule has 9 heteroatoms. The van der Waals surface area contributed by atoms with Crippen LogP contribution in [0.5, 0.6) is 0 Å². The Morgan fingerprint density at radius 1 is 1.29 bits per heavy atom. The van der Waals surface area contributed by atoms with E-state index in [4.69, 9.17) is 0 Å². The van der Waals surface area contributed by atoms with E-state index in [0.717, 1.165) is 45.9 Å². The minimum Gasteiger partial charge on any atom is -0.337 e. The number of thiazole rings is 1. The molecule has 1 saturated heterocycles. The Kier molecular flexibility index (Phi) is 7.96. The first-order valence-electron chi connectivity index (χ1n) is 12.1. The van der Waals surface area contributed by atoms with E-state index in [1.165, 1.54) is 17.4 Å². The Bertz CT molecular complexity index is 1140. The lowest BCUT2D eigenvalue weighted by Crippen LogP contribution is -2.43. The van der Waals surface area contributed by atoms with Crippen molar-refractivity contribution in [2.24, 2.45) is 5.92 Å². The maximum atomic E-state index is 13.7. The van der Waals surface area contributed by atoms with Crippen LogP contribution >= 0.6 is 23.1 Å². The second kappa shape index (κ2) is 11.0. The molecule has 0 radical (unpaired) electrons. The van der Waals surface area contributed by atoms with Crippen LogP contribution in [0.2, 0.25) is 0 Å². The van der Waals surface area contributed by atoms with Crippen molar-refractivity contribution in [3.63, 3.8) is 0 Å². The first kappa shape index (κ1) is 25.4. The summed E-state index contributed by atoms with van der Waals surface area (Å²) in [4.78, 5) is 46.9. The predicted octanol–water partition coefficient (Wildman–Crippen LogP) is 4.76. The highest BCUT2D eigenvalue weighted by Gasteiger charge is 2.30. The van der Waals surface area contributed by atoms with Crippen LogP contribution in [0.15, 0.2) is 40.1 Å². The van der Waals surface area contributed by atoms with Crippen molar-refractivity contribution in [1.82, 2.24) is 14.8 Å². The molecule has 0 spiro atoms. The molecule has 0 bridgehead atoms. The van der Waals surface area contributed by atoms with Gasteiger partial charge in [0.1, 0.15) is 0 Å². The highest BCUT2D eigenvalue weighted by Crippen LogP contribution is 2.38. The third-order valence-electron chi connectivity index (χ3n) is 6.47. The summed E-state index contributed by atoms with van der Waals surface area (Å²) in [7, 11) is 0. The number of carbonyl (C=O) groups is 3. The number of hydrogen-bond donors (Lipinski definition) is 1. The van der Waals surface area contributed by atoms with Crippen LogP contribution in [0.1, 0.15) is 54.6 Å². The zero-order valence-corrected chi connectivity index (χ0v) is 22.1. The summed E-state index contributed by atoms with van der Waals surface area (Å²) in [6, 6.07) is 4.02. The van der Waals surface area contributed by atoms with Crippen LogP contribution in [0.4, 0.5) is 5.13 Å². The first-order chi connectivity index (χ1) is 16.8. The quantitative estimate of drug-likeness (QED) is 0.541. The molecule has 2 aromatic rings. The number of hydrogen-bond acceptors (Lipinski definition) is 6. The number of rotatable bonds is 7. The van der Waals surface area contributed by atoms with Gasteiger partial charge in [0.25, 0.3) is 5.91 Å². The van der Waals surface area contributed by atoms with Gasteiger partial charge in [-0.05, 0) is 62.8 Å². The lowest BCUT2D eigenvalue weighted by atomic mass is 10.0. The Labute approximate surface area is 215 Å². The van der Waals surface area contributed by atoms with Gasteiger partial charge in [0.2, 0.25) is 11.8 Å². The summed E-state index contributed by atoms with van der Waals surface area (Å²) in [6.07, 6.45) is 6.52. The van der Waals surface area contributed by atoms with Gasteiger partial charge in [-0.1, -0.05) is 42.7 Å². The van der Waals surface area contributed by atoms with Crippen LogP contribution < -0.4 is 5.32 Å². The average molecular weight is 513 g/mol. The summed E-state index contributed by atoms with van der Waals surface area (Å²) >= 11 is 3.01. The van der Waals surface area contributed by atoms with Crippen molar-refractivity contribution in [2.45, 2.75) is 61.6 Å². The van der Waals surface area contributed by atoms with E-state index < -0.39 is 0 Å². The van der Waals surface area contributed by atoms with Gasteiger partial charge in [0.15, 0.2) is 5.13 Å². The molecular formula is C26H32N4O3S2. The zero-order chi connectivity index (χ0) is 25.1.